The molecule has 2 aromatic rings. The van der Waals surface area contributed by atoms with Gasteiger partial charge < -0.3 is 15.5 Å². The molecule has 3 amide bonds. The highest BCUT2D eigenvalue weighted by Gasteiger charge is 2.24. The number of fused-ring (bicyclic) bond motifs is 1. The molecule has 0 unspecified atom stereocenters. The van der Waals surface area contributed by atoms with Gasteiger partial charge in [0.05, 0.1) is 22.8 Å². The number of amides is 3. The maximum atomic E-state index is 12.8. The highest BCUT2D eigenvalue weighted by molar-refractivity contribution is 7.90. The van der Waals surface area contributed by atoms with Crippen LogP contribution in [0, 0.1) is 12.8 Å². The second-order valence-electron chi connectivity index (χ2n) is 9.38. The van der Waals surface area contributed by atoms with Gasteiger partial charge in [-0.25, -0.2) is 17.9 Å². The van der Waals surface area contributed by atoms with Gasteiger partial charge in [0.1, 0.15) is 0 Å². The van der Waals surface area contributed by atoms with Crippen molar-refractivity contribution in [1.82, 2.24) is 15.4 Å². The zero-order chi connectivity index (χ0) is 24.3. The molecule has 0 bridgehead atoms. The Hall–Kier alpha value is -3.07. The van der Waals surface area contributed by atoms with E-state index in [0.717, 1.165) is 42.5 Å². The number of benzene rings is 2. The molecule has 3 N–H and O–H groups in total. The van der Waals surface area contributed by atoms with Gasteiger partial charge in [0, 0.05) is 12.6 Å². The van der Waals surface area contributed by atoms with Gasteiger partial charge in [-0.15, -0.1) is 0 Å². The molecular formula is C25H32N4O4S. The van der Waals surface area contributed by atoms with Crippen LogP contribution in [-0.2, 0) is 16.4 Å². The van der Waals surface area contributed by atoms with Gasteiger partial charge in [-0.05, 0) is 80.3 Å². The van der Waals surface area contributed by atoms with Crippen LogP contribution in [-0.4, -0.2) is 39.6 Å². The summed E-state index contributed by atoms with van der Waals surface area (Å²) in [5.41, 5.74) is 3.41. The van der Waals surface area contributed by atoms with Crippen LogP contribution < -0.4 is 20.3 Å². The quantitative estimate of drug-likeness (QED) is 0.583. The Morgan fingerprint density at radius 2 is 1.88 bits per heavy atom. The van der Waals surface area contributed by atoms with Crippen LogP contribution in [0.1, 0.15) is 54.1 Å². The predicted octanol–water partition coefficient (Wildman–Crippen LogP) is 3.31. The fraction of sp³-hybridized carbons (Fsp3) is 0.440. The Morgan fingerprint density at radius 3 is 2.65 bits per heavy atom. The molecule has 2 aromatic carbocycles. The molecule has 2 aliphatic rings. The average molecular weight is 485 g/mol. The molecule has 1 aliphatic carbocycles. The summed E-state index contributed by atoms with van der Waals surface area (Å²) in [5, 5.41) is 5.67. The van der Waals surface area contributed by atoms with Crippen LogP contribution >= 0.6 is 0 Å². The molecule has 1 heterocycles. The van der Waals surface area contributed by atoms with E-state index >= 15 is 0 Å². The molecule has 9 heteroatoms. The summed E-state index contributed by atoms with van der Waals surface area (Å²) < 4.78 is 27.8. The number of urea groups is 1. The zero-order valence-electron chi connectivity index (χ0n) is 19.6. The lowest BCUT2D eigenvalue weighted by molar-refractivity contribution is 0.0947. The molecule has 0 aromatic heterocycles. The van der Waals surface area contributed by atoms with Gasteiger partial charge in [-0.2, -0.15) is 0 Å². The molecule has 1 saturated carbocycles. The van der Waals surface area contributed by atoms with Crippen LogP contribution in [0.4, 0.5) is 10.5 Å². The van der Waals surface area contributed by atoms with Crippen LogP contribution in [0.3, 0.4) is 0 Å². The first-order valence-corrected chi connectivity index (χ1v) is 13.3. The Balaban J connectivity index is 1.39. The van der Waals surface area contributed by atoms with E-state index in [0.29, 0.717) is 31.1 Å². The molecule has 0 radical (unpaired) electrons. The van der Waals surface area contributed by atoms with E-state index in [-0.39, 0.29) is 16.8 Å². The van der Waals surface area contributed by atoms with E-state index < -0.39 is 16.1 Å². The topological polar surface area (TPSA) is 108 Å². The van der Waals surface area contributed by atoms with Gasteiger partial charge in [0.15, 0.2) is 0 Å². The van der Waals surface area contributed by atoms with Crippen molar-refractivity contribution in [2.75, 3.05) is 18.1 Å². The molecule has 4 rings (SSSR count). The van der Waals surface area contributed by atoms with Gasteiger partial charge in [0.2, 0.25) is 0 Å². The Kier molecular flexibility index (Phi) is 7.11. The maximum Gasteiger partial charge on any atom is 0.328 e. The van der Waals surface area contributed by atoms with Crippen molar-refractivity contribution >= 4 is 27.6 Å². The fourth-order valence-corrected chi connectivity index (χ4v) is 5.56. The van der Waals surface area contributed by atoms with E-state index in [1.807, 2.05) is 31.2 Å². The Morgan fingerprint density at radius 1 is 1.12 bits per heavy atom. The normalized spacial score (nSPS) is 20.3. The van der Waals surface area contributed by atoms with Crippen molar-refractivity contribution in [1.29, 1.82) is 0 Å². The minimum absolute atomic E-state index is 0.00860. The standard InChI is InChI=1S/C25H32N4O4S/c1-17-6-9-20(10-7-17)27-25(31)28-34(32,33)21-5-3-4-19(15-21)12-13-29-16-26-24(30)22-11-8-18(2)14-23(22)29/h3-5,8,11,14-15,17,20H,6-7,9-10,12-13,16H2,1-2H3,(H,26,30)(H2,27,28,31). The third kappa shape index (κ3) is 5.70. The second kappa shape index (κ2) is 10.0. The van der Waals surface area contributed by atoms with Crippen LogP contribution in [0.25, 0.3) is 0 Å². The predicted molar refractivity (Wildman–Crippen MR) is 131 cm³/mol. The average Bonchev–Trinajstić information content (AvgIpc) is 2.80. The number of nitrogens with one attached hydrogen (secondary N) is 3. The minimum atomic E-state index is -3.98. The number of aryl methyl sites for hydroxylation is 1. The zero-order valence-corrected chi connectivity index (χ0v) is 20.5. The van der Waals surface area contributed by atoms with Crippen molar-refractivity contribution in [2.24, 2.45) is 5.92 Å². The SMILES string of the molecule is Cc1ccc2c(c1)N(CCc1cccc(S(=O)(=O)NC(=O)NC3CCC(C)CC3)c1)CNC2=O. The largest absolute Gasteiger partial charge is 0.353 e. The summed E-state index contributed by atoms with van der Waals surface area (Å²) in [7, 11) is -3.98. The number of sulfonamides is 1. The second-order valence-corrected chi connectivity index (χ2v) is 11.1. The third-order valence-corrected chi connectivity index (χ3v) is 7.95. The van der Waals surface area contributed by atoms with Crippen LogP contribution in [0.15, 0.2) is 47.4 Å². The van der Waals surface area contributed by atoms with Crippen molar-refractivity contribution < 1.29 is 18.0 Å². The van der Waals surface area contributed by atoms with Crippen molar-refractivity contribution in [3.05, 3.63) is 59.2 Å². The van der Waals surface area contributed by atoms with E-state index in [1.165, 1.54) is 6.07 Å². The smallest absolute Gasteiger partial charge is 0.328 e. The number of rotatable bonds is 6. The van der Waals surface area contributed by atoms with E-state index in [4.69, 9.17) is 0 Å². The highest BCUT2D eigenvalue weighted by atomic mass is 32.2. The van der Waals surface area contributed by atoms with Gasteiger partial charge in [0.25, 0.3) is 15.9 Å². The molecule has 1 fully saturated rings. The lowest BCUT2D eigenvalue weighted by Crippen LogP contribution is -2.45. The number of carbonyl (C=O) groups is 2. The molecular weight excluding hydrogens is 452 g/mol. The number of nitrogens with zero attached hydrogens (tertiary/aromatic N) is 1. The molecule has 8 nitrogen and oxygen atoms in total. The molecule has 0 spiro atoms. The molecule has 34 heavy (non-hydrogen) atoms. The summed E-state index contributed by atoms with van der Waals surface area (Å²) in [4.78, 5) is 26.6. The summed E-state index contributed by atoms with van der Waals surface area (Å²) in [6.45, 7) is 5.18. The van der Waals surface area contributed by atoms with Crippen molar-refractivity contribution in [3.63, 3.8) is 0 Å². The maximum absolute atomic E-state index is 12.8. The summed E-state index contributed by atoms with van der Waals surface area (Å²) in [5.74, 6) is 0.553. The number of hydrogen-bond donors (Lipinski definition) is 3. The molecule has 0 saturated heterocycles. The van der Waals surface area contributed by atoms with Crippen LogP contribution in [0.5, 0.6) is 0 Å². The summed E-state index contributed by atoms with van der Waals surface area (Å²) in [6.07, 6.45) is 4.38. The van der Waals surface area contributed by atoms with Crippen molar-refractivity contribution in [3.8, 4) is 0 Å². The number of carbonyl (C=O) groups excluding carboxylic acids is 2. The van der Waals surface area contributed by atoms with Gasteiger partial charge >= 0.3 is 6.03 Å². The third-order valence-electron chi connectivity index (χ3n) is 6.63. The van der Waals surface area contributed by atoms with E-state index in [2.05, 4.69) is 27.2 Å². The van der Waals surface area contributed by atoms with Crippen LogP contribution in [0.2, 0.25) is 0 Å². The Bertz CT molecular complexity index is 1170. The number of hydrogen-bond acceptors (Lipinski definition) is 5. The van der Waals surface area contributed by atoms with Gasteiger partial charge in [-0.1, -0.05) is 25.1 Å². The number of anilines is 1. The molecule has 0 atom stereocenters. The lowest BCUT2D eigenvalue weighted by atomic mass is 9.87. The van der Waals surface area contributed by atoms with Crippen molar-refractivity contribution in [2.45, 2.75) is 56.9 Å². The first-order valence-electron chi connectivity index (χ1n) is 11.8. The summed E-state index contributed by atoms with van der Waals surface area (Å²) >= 11 is 0. The fourth-order valence-electron chi connectivity index (χ4n) is 4.57. The monoisotopic (exact) mass is 484 g/mol. The molecule has 1 aliphatic heterocycles. The Labute approximate surface area is 201 Å². The molecule has 182 valence electrons. The first kappa shape index (κ1) is 24.1. The summed E-state index contributed by atoms with van der Waals surface area (Å²) in [6, 6.07) is 11.7. The first-order chi connectivity index (χ1) is 16.2. The minimum Gasteiger partial charge on any atom is -0.353 e. The van der Waals surface area contributed by atoms with E-state index in [1.54, 1.807) is 12.1 Å². The highest BCUT2D eigenvalue weighted by Crippen LogP contribution is 2.26. The van der Waals surface area contributed by atoms with Gasteiger partial charge in [-0.3, -0.25) is 4.79 Å². The van der Waals surface area contributed by atoms with E-state index in [9.17, 15) is 18.0 Å². The lowest BCUT2D eigenvalue weighted by Gasteiger charge is -2.31.